The Morgan fingerprint density at radius 1 is 0.962 bits per heavy atom. The topological polar surface area (TPSA) is 220 Å². The Kier molecular flexibility index (Phi) is 13.5. The lowest BCUT2D eigenvalue weighted by Crippen LogP contribution is -2.36. The van der Waals surface area contributed by atoms with E-state index in [1.165, 1.54) is 55.5 Å². The molecule has 0 saturated carbocycles. The van der Waals surface area contributed by atoms with E-state index >= 15 is 0 Å². The zero-order chi connectivity index (χ0) is 38.9. The summed E-state index contributed by atoms with van der Waals surface area (Å²) in [6.45, 7) is 1.87. The first-order valence-corrected chi connectivity index (χ1v) is 18.1. The number of carboxylic acids is 1. The number of carbonyl (C=O) groups is 5. The van der Waals surface area contributed by atoms with Crippen LogP contribution in [0.1, 0.15) is 54.1 Å². The van der Waals surface area contributed by atoms with Gasteiger partial charge in [-0.2, -0.15) is 9.97 Å². The predicted molar refractivity (Wildman–Crippen MR) is 193 cm³/mol. The third kappa shape index (κ3) is 10.3. The monoisotopic (exact) mass is 789 g/mol. The molecular weight excluding hydrogens is 757 g/mol. The van der Waals surface area contributed by atoms with E-state index in [1.807, 2.05) is 0 Å². The van der Waals surface area contributed by atoms with E-state index in [0.29, 0.717) is 40.3 Å². The molecule has 0 spiro atoms. The molecule has 4 amide bonds. The minimum atomic E-state index is -4.18. The van der Waals surface area contributed by atoms with Crippen LogP contribution in [-0.2, 0) is 34.9 Å². The number of amides is 4. The number of hydrogen-bond donors (Lipinski definition) is 3. The Morgan fingerprint density at radius 2 is 1.57 bits per heavy atom. The van der Waals surface area contributed by atoms with E-state index < -0.39 is 33.7 Å². The van der Waals surface area contributed by atoms with Gasteiger partial charge in [-0.1, -0.05) is 41.4 Å². The molecule has 280 valence electrons. The summed E-state index contributed by atoms with van der Waals surface area (Å²) >= 11 is 12.1. The fourth-order valence-electron chi connectivity index (χ4n) is 5.18. The average Bonchev–Trinajstić information content (AvgIpc) is 3.37. The third-order valence-electron chi connectivity index (χ3n) is 7.55. The molecule has 0 radical (unpaired) electrons. The fraction of sp³-hybridized carbons (Fsp3) is 0.265. The summed E-state index contributed by atoms with van der Waals surface area (Å²) in [4.78, 5) is 69.0. The Morgan fingerprint density at radius 3 is 2.13 bits per heavy atom. The smallest absolute Gasteiger partial charge is 0.349 e. The van der Waals surface area contributed by atoms with E-state index in [2.05, 4.69) is 15.3 Å². The largest absolute Gasteiger partial charge is 0.481 e. The summed E-state index contributed by atoms with van der Waals surface area (Å²) < 4.78 is 40.8. The molecular formula is C34H33Cl2N5O11S. The lowest BCUT2D eigenvalue weighted by atomic mass is 9.93. The third-order valence-corrected chi connectivity index (χ3v) is 9.34. The van der Waals surface area contributed by atoms with Gasteiger partial charge in [0.25, 0.3) is 11.8 Å². The van der Waals surface area contributed by atoms with Crippen molar-refractivity contribution >= 4 is 80.7 Å². The van der Waals surface area contributed by atoms with Crippen molar-refractivity contribution < 1.29 is 51.7 Å². The molecule has 16 nitrogen and oxygen atoms in total. The van der Waals surface area contributed by atoms with E-state index in [4.69, 9.17) is 42.5 Å². The van der Waals surface area contributed by atoms with Gasteiger partial charge in [0.05, 0.1) is 43.9 Å². The number of nitrogens with one attached hydrogen (secondary N) is 2. The number of anilines is 2. The van der Waals surface area contributed by atoms with Crippen molar-refractivity contribution in [2.24, 2.45) is 0 Å². The molecule has 0 saturated heterocycles. The number of imide groups is 1. The first kappa shape index (κ1) is 40.3. The quantitative estimate of drug-likeness (QED) is 0.131. The van der Waals surface area contributed by atoms with Gasteiger partial charge in [0.15, 0.2) is 0 Å². The number of carbonyl (C=O) groups excluding carboxylic acids is 4. The van der Waals surface area contributed by atoms with Gasteiger partial charge in [0.1, 0.15) is 5.03 Å². The number of nitrogens with zero attached hydrogens (tertiary/aromatic N) is 3. The van der Waals surface area contributed by atoms with E-state index in [0.717, 1.165) is 12.8 Å². The van der Waals surface area contributed by atoms with Crippen LogP contribution in [0.25, 0.3) is 6.08 Å². The zero-order valence-electron chi connectivity index (χ0n) is 28.5. The lowest BCUT2D eigenvalue weighted by Gasteiger charge is -2.16. The molecule has 53 heavy (non-hydrogen) atoms. The molecule has 0 fully saturated rings. The van der Waals surface area contributed by atoms with Crippen molar-refractivity contribution in [1.82, 2.24) is 14.7 Å². The second-order valence-electron chi connectivity index (χ2n) is 11.1. The highest BCUT2D eigenvalue weighted by atomic mass is 35.5. The van der Waals surface area contributed by atoms with Crippen molar-refractivity contribution in [1.29, 1.82) is 0 Å². The number of aromatic carboxylic acids is 1. The first-order valence-electron chi connectivity index (χ1n) is 15.7. The molecule has 3 N–H and O–H groups in total. The second-order valence-corrected chi connectivity index (χ2v) is 13.6. The van der Waals surface area contributed by atoms with Crippen LogP contribution in [0.4, 0.5) is 16.4 Å². The van der Waals surface area contributed by atoms with Gasteiger partial charge in [-0.05, 0) is 74.1 Å². The highest BCUT2D eigenvalue weighted by Gasteiger charge is 2.39. The summed E-state index contributed by atoms with van der Waals surface area (Å²) in [6, 6.07) is 10.5. The number of urea groups is 1. The van der Waals surface area contributed by atoms with E-state index in [9.17, 15) is 32.4 Å². The molecule has 1 aromatic heterocycles. The number of carboxylic acid groups (broad SMARTS) is 1. The van der Waals surface area contributed by atoms with Crippen molar-refractivity contribution in [2.45, 2.75) is 38.4 Å². The second kappa shape index (κ2) is 17.8. The summed E-state index contributed by atoms with van der Waals surface area (Å²) in [5.41, 5.74) is 1.90. The van der Waals surface area contributed by atoms with Crippen LogP contribution in [0.15, 0.2) is 64.7 Å². The lowest BCUT2D eigenvalue weighted by molar-refractivity contribution is -0.137. The Bertz CT molecular complexity index is 2070. The molecule has 2 aliphatic rings. The predicted octanol–water partition coefficient (Wildman–Crippen LogP) is 5.07. The molecule has 1 aliphatic carbocycles. The maximum absolute atomic E-state index is 12.7. The van der Waals surface area contributed by atoms with E-state index in [1.54, 1.807) is 29.8 Å². The number of ether oxygens (including phenoxy) is 3. The minimum absolute atomic E-state index is 0.0320. The number of hydrogen-bond acceptors (Lipinski definition) is 12. The minimum Gasteiger partial charge on any atom is -0.481 e. The number of aromatic nitrogens is 2. The SMILES string of the molecule is CCOC(=O)/C(Cl)=C/c1cc(N2C(=O)C3=C(CCCC3)C2=O)ccc1Cl.COc1cc(OC)nc(NC(=O)NS(=O)(=O)Cc2ccccc2C(=O)O)n1. The molecule has 0 atom stereocenters. The standard InChI is InChI=1S/C19H17Cl2NO4.C15H16N4O7S/c1-2-26-19(25)16(21)10-11-9-12(7-8-15(11)20)22-17(23)13-5-3-4-6-14(13)18(22)24;1-25-11-7-12(26-2)17-14(16-11)18-15(22)19-27(23,24)8-9-5-3-4-6-10(9)13(20)21/h7-10H,2-6H2,1H3;3-7H,8H2,1-2H3,(H,20,21)(H2,16,17,18,19,22)/b16-10-;. The number of benzene rings is 2. The Balaban J connectivity index is 0.000000237. The number of halogens is 2. The molecule has 1 aliphatic heterocycles. The molecule has 0 bridgehead atoms. The first-order chi connectivity index (χ1) is 25.2. The van der Waals surface area contributed by atoms with Gasteiger partial charge < -0.3 is 19.3 Å². The van der Waals surface area contributed by atoms with Gasteiger partial charge in [-0.15, -0.1) is 0 Å². The van der Waals surface area contributed by atoms with Gasteiger partial charge in [0.2, 0.25) is 27.7 Å². The summed E-state index contributed by atoms with van der Waals surface area (Å²) in [5, 5.41) is 11.5. The fourth-order valence-corrected chi connectivity index (χ4v) is 6.59. The molecule has 2 heterocycles. The highest BCUT2D eigenvalue weighted by Crippen LogP contribution is 2.37. The van der Waals surface area contributed by atoms with Crippen LogP contribution in [0.3, 0.4) is 0 Å². The number of methoxy groups -OCH3 is 2. The van der Waals surface area contributed by atoms with Crippen molar-refractivity contribution in [3.8, 4) is 11.8 Å². The normalized spacial score (nSPS) is 14.1. The molecule has 19 heteroatoms. The molecule has 0 unspecified atom stereocenters. The molecule has 2 aromatic carbocycles. The van der Waals surface area contributed by atoms with Crippen LogP contribution in [0.5, 0.6) is 11.8 Å². The zero-order valence-corrected chi connectivity index (χ0v) is 30.8. The maximum Gasteiger partial charge on any atom is 0.349 e. The van der Waals surface area contributed by atoms with Crippen LogP contribution in [0.2, 0.25) is 5.02 Å². The number of sulfonamides is 1. The van der Waals surface area contributed by atoms with Crippen molar-refractivity contribution in [3.05, 3.63) is 86.4 Å². The van der Waals surface area contributed by atoms with Gasteiger partial charge in [-0.25, -0.2) is 32.4 Å². The highest BCUT2D eigenvalue weighted by molar-refractivity contribution is 7.89. The van der Waals surface area contributed by atoms with Crippen LogP contribution in [0, 0.1) is 0 Å². The van der Waals surface area contributed by atoms with Crippen molar-refractivity contribution in [2.75, 3.05) is 31.0 Å². The van der Waals surface area contributed by atoms with E-state index in [-0.39, 0.29) is 52.3 Å². The summed E-state index contributed by atoms with van der Waals surface area (Å²) in [6.07, 6.45) is 4.45. The van der Waals surface area contributed by atoms with Gasteiger partial charge in [0, 0.05) is 16.2 Å². The average molecular weight is 791 g/mol. The maximum atomic E-state index is 12.7. The summed E-state index contributed by atoms with van der Waals surface area (Å²) in [5.74, 6) is -3.26. The van der Waals surface area contributed by atoms with Crippen LogP contribution < -0.4 is 24.4 Å². The molecule has 5 rings (SSSR count). The van der Waals surface area contributed by atoms with Gasteiger partial charge in [-0.3, -0.25) is 14.9 Å². The van der Waals surface area contributed by atoms with Gasteiger partial charge >= 0.3 is 18.0 Å². The van der Waals surface area contributed by atoms with Crippen molar-refractivity contribution in [3.63, 3.8) is 0 Å². The van der Waals surface area contributed by atoms with Crippen LogP contribution in [-0.4, -0.2) is 74.1 Å². The van der Waals surface area contributed by atoms with Crippen LogP contribution >= 0.6 is 23.2 Å². The summed E-state index contributed by atoms with van der Waals surface area (Å²) in [7, 11) is -1.50. The number of esters is 1. The Labute approximate surface area is 313 Å². The molecule has 3 aromatic rings. The Hall–Kier alpha value is -5.52. The number of rotatable bonds is 11.